The van der Waals surface area contributed by atoms with Crippen molar-refractivity contribution in [2.75, 3.05) is 16.0 Å². The summed E-state index contributed by atoms with van der Waals surface area (Å²) in [5.41, 5.74) is 3.58. The summed E-state index contributed by atoms with van der Waals surface area (Å²) < 4.78 is 0. The molecule has 0 radical (unpaired) electrons. The minimum Gasteiger partial charge on any atom is -0.508 e. The second-order valence-electron chi connectivity index (χ2n) is 13.6. The number of carboxylic acid groups (broad SMARTS) is 1. The van der Waals surface area contributed by atoms with E-state index >= 15 is 0 Å². The molecular weight excluding hydrogens is 743 g/mol. The maximum atomic E-state index is 13.0. The maximum Gasteiger partial charge on any atom is 0.339 e. The molecule has 0 aliphatic heterocycles. The van der Waals surface area contributed by atoms with Crippen LogP contribution in [0.4, 0.5) is 17.1 Å². The summed E-state index contributed by atoms with van der Waals surface area (Å²) in [7, 11) is 0. The highest BCUT2D eigenvalue weighted by Crippen LogP contribution is 2.32. The van der Waals surface area contributed by atoms with Crippen LogP contribution in [-0.4, -0.2) is 55.7 Å². The summed E-state index contributed by atoms with van der Waals surface area (Å²) in [5.74, 6) is -3.82. The normalized spacial score (nSPS) is 11.1. The van der Waals surface area contributed by atoms with Gasteiger partial charge in [-0.3, -0.25) is 24.0 Å². The van der Waals surface area contributed by atoms with E-state index in [4.69, 9.17) is 0 Å². The first-order valence-electron chi connectivity index (χ1n) is 18.1. The van der Waals surface area contributed by atoms with Gasteiger partial charge in [-0.1, -0.05) is 36.4 Å². The summed E-state index contributed by atoms with van der Waals surface area (Å²) in [6.45, 7) is 4.68. The van der Waals surface area contributed by atoms with Gasteiger partial charge in [0.15, 0.2) is 11.6 Å². The fraction of sp³-hybridized carbons (Fsp3) is 0.156. The van der Waals surface area contributed by atoms with E-state index < -0.39 is 29.3 Å². The number of hydrogen-bond acceptors (Lipinski definition) is 9. The molecule has 0 atom stereocenters. The van der Waals surface area contributed by atoms with Crippen LogP contribution < -0.4 is 16.0 Å². The van der Waals surface area contributed by atoms with Crippen LogP contribution >= 0.6 is 0 Å². The second kappa shape index (κ2) is 18.4. The molecule has 0 saturated heterocycles. The maximum absolute atomic E-state index is 13.0. The van der Waals surface area contributed by atoms with E-state index in [1.165, 1.54) is 44.2 Å². The zero-order chi connectivity index (χ0) is 42.1. The fourth-order valence-corrected chi connectivity index (χ4v) is 5.93. The van der Waals surface area contributed by atoms with Crippen LogP contribution in [0, 0.1) is 13.8 Å². The lowest BCUT2D eigenvalue weighted by molar-refractivity contribution is -0.116. The summed E-state index contributed by atoms with van der Waals surface area (Å²) in [6.07, 6.45) is 2.46. The number of anilines is 3. The van der Waals surface area contributed by atoms with Crippen molar-refractivity contribution in [1.82, 2.24) is 0 Å². The van der Waals surface area contributed by atoms with Crippen molar-refractivity contribution < 1.29 is 49.2 Å². The smallest absolute Gasteiger partial charge is 0.339 e. The first-order valence-corrected chi connectivity index (χ1v) is 18.1. The van der Waals surface area contributed by atoms with Gasteiger partial charge in [-0.25, -0.2) is 4.79 Å². The largest absolute Gasteiger partial charge is 0.508 e. The van der Waals surface area contributed by atoms with Crippen LogP contribution in [0.1, 0.15) is 89.9 Å². The van der Waals surface area contributed by atoms with Crippen LogP contribution in [0.3, 0.4) is 0 Å². The second-order valence-corrected chi connectivity index (χ2v) is 13.6. The van der Waals surface area contributed by atoms with Crippen molar-refractivity contribution in [2.24, 2.45) is 0 Å². The zero-order valence-corrected chi connectivity index (χ0v) is 31.9. The molecule has 296 valence electrons. The van der Waals surface area contributed by atoms with Gasteiger partial charge in [0.25, 0.3) is 11.8 Å². The van der Waals surface area contributed by atoms with Crippen LogP contribution in [-0.2, 0) is 16.0 Å². The zero-order valence-electron chi connectivity index (χ0n) is 31.9. The Kier molecular flexibility index (Phi) is 13.2. The SMILES string of the molecule is C/C(=C\c1ccc(O)cc1)C(=O)Cc1ccc(C(=O)CCCC(=O)Nc2ccc(C(=O)Nc3ccc(C(=O)Nc4ccc(C(=O)O)c(O)c4C)c(O)c3C)cc2)cc1. The minimum atomic E-state index is -1.33. The van der Waals surface area contributed by atoms with Gasteiger partial charge < -0.3 is 36.4 Å². The van der Waals surface area contributed by atoms with E-state index in [0.717, 1.165) is 17.2 Å². The topological polar surface area (TPSA) is 219 Å². The van der Waals surface area contributed by atoms with Crippen molar-refractivity contribution in [3.63, 3.8) is 0 Å². The van der Waals surface area contributed by atoms with Gasteiger partial charge in [0.05, 0.1) is 5.56 Å². The Labute approximate surface area is 333 Å². The van der Waals surface area contributed by atoms with Crippen molar-refractivity contribution in [3.05, 3.63) is 147 Å². The molecule has 5 rings (SSSR count). The number of Topliss-reactive ketones (excluding diaryl/α,β-unsaturated/α-hetero) is 2. The summed E-state index contributed by atoms with van der Waals surface area (Å²) >= 11 is 0. The van der Waals surface area contributed by atoms with Gasteiger partial charge in [0.1, 0.15) is 22.8 Å². The monoisotopic (exact) mass is 783 g/mol. The van der Waals surface area contributed by atoms with E-state index in [2.05, 4.69) is 16.0 Å². The average molecular weight is 784 g/mol. The van der Waals surface area contributed by atoms with Crippen molar-refractivity contribution in [1.29, 1.82) is 0 Å². The molecule has 0 spiro atoms. The van der Waals surface area contributed by atoms with Crippen LogP contribution in [0.25, 0.3) is 6.08 Å². The summed E-state index contributed by atoms with van der Waals surface area (Å²) in [4.78, 5) is 75.3. The number of allylic oxidation sites excluding steroid dienone is 1. The number of aromatic hydroxyl groups is 3. The number of rotatable bonds is 15. The fourth-order valence-electron chi connectivity index (χ4n) is 5.93. The van der Waals surface area contributed by atoms with E-state index in [0.29, 0.717) is 23.2 Å². The molecule has 0 heterocycles. The van der Waals surface area contributed by atoms with Gasteiger partial charge in [0, 0.05) is 58.6 Å². The van der Waals surface area contributed by atoms with Gasteiger partial charge >= 0.3 is 5.97 Å². The Morgan fingerprint density at radius 3 is 1.76 bits per heavy atom. The van der Waals surface area contributed by atoms with Gasteiger partial charge in [-0.2, -0.15) is 0 Å². The lowest BCUT2D eigenvalue weighted by Crippen LogP contribution is -2.16. The third kappa shape index (κ3) is 10.4. The van der Waals surface area contributed by atoms with Crippen molar-refractivity contribution >= 4 is 58.4 Å². The third-order valence-electron chi connectivity index (χ3n) is 9.43. The Morgan fingerprint density at radius 1 is 0.603 bits per heavy atom. The van der Waals surface area contributed by atoms with Crippen molar-refractivity contribution in [3.8, 4) is 17.2 Å². The predicted molar refractivity (Wildman–Crippen MR) is 219 cm³/mol. The van der Waals surface area contributed by atoms with Gasteiger partial charge in [-0.05, 0) is 111 Å². The van der Waals surface area contributed by atoms with Gasteiger partial charge in [0.2, 0.25) is 5.91 Å². The number of nitrogens with one attached hydrogen (secondary N) is 3. The minimum absolute atomic E-state index is 0.0652. The molecule has 58 heavy (non-hydrogen) atoms. The Balaban J connectivity index is 1.07. The molecule has 0 aliphatic carbocycles. The molecular formula is C45H41N3O10. The number of ketones is 2. The number of amides is 3. The van der Waals surface area contributed by atoms with Gasteiger partial charge in [-0.15, -0.1) is 0 Å². The lowest BCUT2D eigenvalue weighted by Gasteiger charge is -2.15. The molecule has 7 N–H and O–H groups in total. The number of carboxylic acids is 1. The van der Waals surface area contributed by atoms with E-state index in [-0.39, 0.29) is 81.7 Å². The van der Waals surface area contributed by atoms with Crippen LogP contribution in [0.15, 0.2) is 103 Å². The molecule has 5 aromatic rings. The van der Waals surface area contributed by atoms with Crippen LogP contribution in [0.5, 0.6) is 17.2 Å². The number of phenols is 3. The molecule has 0 unspecified atom stereocenters. The standard InChI is InChI=1S/C45H41N3O10/c1-25(23-28-9-17-33(49)18-10-28)39(51)24-29-7-11-30(12-8-29)38(50)5-4-6-40(52)46-32-15-13-31(14-16-32)43(55)47-36-21-19-34(41(53)26(36)2)44(56)48-37-22-20-35(45(57)58)42(54)27(37)3/h7-23,49,53-54H,4-6,24H2,1-3H3,(H,46,52)(H,47,55)(H,48,56)(H,57,58)/b25-23+. The average Bonchev–Trinajstić information content (AvgIpc) is 3.19. The van der Waals surface area contributed by atoms with E-state index in [1.807, 2.05) is 0 Å². The van der Waals surface area contributed by atoms with Crippen molar-refractivity contribution in [2.45, 2.75) is 46.5 Å². The molecule has 3 amide bonds. The number of carbonyl (C=O) groups is 6. The molecule has 5 aromatic carbocycles. The van der Waals surface area contributed by atoms with E-state index in [1.54, 1.807) is 73.7 Å². The Bertz CT molecular complexity index is 2440. The summed E-state index contributed by atoms with van der Waals surface area (Å²) in [6, 6.07) is 24.7. The molecule has 13 heteroatoms. The molecule has 13 nitrogen and oxygen atoms in total. The first-order chi connectivity index (χ1) is 27.6. The highest BCUT2D eigenvalue weighted by molar-refractivity contribution is 6.09. The lowest BCUT2D eigenvalue weighted by atomic mass is 9.99. The highest BCUT2D eigenvalue weighted by Gasteiger charge is 2.20. The first kappa shape index (κ1) is 41.6. The molecule has 0 aliphatic rings. The Hall–Kier alpha value is -7.54. The predicted octanol–water partition coefficient (Wildman–Crippen LogP) is 7.83. The molecule has 0 bridgehead atoms. The quantitative estimate of drug-likeness (QED) is 0.0403. The third-order valence-corrected chi connectivity index (χ3v) is 9.43. The number of aromatic carboxylic acids is 1. The van der Waals surface area contributed by atoms with Crippen LogP contribution in [0.2, 0.25) is 0 Å². The summed E-state index contributed by atoms with van der Waals surface area (Å²) in [5, 5.41) is 47.6. The molecule has 0 fully saturated rings. The number of benzene rings is 5. The number of phenolic OH excluding ortho intramolecular Hbond substituents is 2. The molecule has 0 aromatic heterocycles. The highest BCUT2D eigenvalue weighted by atomic mass is 16.4. The Morgan fingerprint density at radius 2 is 1.16 bits per heavy atom. The number of carbonyl (C=O) groups excluding carboxylic acids is 5. The van der Waals surface area contributed by atoms with E-state index in [9.17, 15) is 49.2 Å². The number of hydrogen-bond donors (Lipinski definition) is 7. The molecule has 0 saturated carbocycles.